The number of fused-ring (bicyclic) bond motifs is 4. The Morgan fingerprint density at radius 3 is 3.00 bits per heavy atom. The van der Waals surface area contributed by atoms with Crippen molar-refractivity contribution in [3.63, 3.8) is 0 Å². The van der Waals surface area contributed by atoms with Crippen LogP contribution in [0.5, 0.6) is 11.5 Å². The molecular formula is C21H28N6O3. The van der Waals surface area contributed by atoms with Crippen LogP contribution >= 0.6 is 0 Å². The minimum atomic E-state index is 0.0552. The Bertz CT molecular complexity index is 916. The van der Waals surface area contributed by atoms with E-state index in [4.69, 9.17) is 9.47 Å². The van der Waals surface area contributed by atoms with Crippen molar-refractivity contribution in [2.45, 2.75) is 38.5 Å². The first-order chi connectivity index (χ1) is 14.7. The first kappa shape index (κ1) is 19.3. The molecule has 9 heteroatoms. The van der Waals surface area contributed by atoms with Crippen LogP contribution in [-0.2, 0) is 24.4 Å². The maximum absolute atomic E-state index is 12.9. The lowest BCUT2D eigenvalue weighted by atomic mass is 9.75. The van der Waals surface area contributed by atoms with Gasteiger partial charge in [-0.05, 0) is 50.0 Å². The largest absolute Gasteiger partial charge is 0.454 e. The number of hydrogen-bond acceptors (Lipinski definition) is 7. The summed E-state index contributed by atoms with van der Waals surface area (Å²) in [6.07, 6.45) is 4.12. The minimum Gasteiger partial charge on any atom is -0.454 e. The average molecular weight is 412 g/mol. The third-order valence-corrected chi connectivity index (χ3v) is 6.46. The molecule has 2 bridgehead atoms. The number of amides is 1. The van der Waals surface area contributed by atoms with Gasteiger partial charge in [-0.15, -0.1) is 5.10 Å². The van der Waals surface area contributed by atoms with Crippen molar-refractivity contribution in [2.24, 2.45) is 11.8 Å². The van der Waals surface area contributed by atoms with Crippen molar-refractivity contribution >= 4 is 5.91 Å². The fraction of sp³-hybridized carbons (Fsp3) is 0.571. The Balaban J connectivity index is 1.16. The molecule has 0 spiro atoms. The lowest BCUT2D eigenvalue weighted by molar-refractivity contribution is -0.133. The highest BCUT2D eigenvalue weighted by atomic mass is 16.7. The molecule has 1 amide bonds. The van der Waals surface area contributed by atoms with Gasteiger partial charge in [0.15, 0.2) is 11.5 Å². The highest BCUT2D eigenvalue weighted by Gasteiger charge is 2.43. The standard InChI is InChI=1S/C21H28N6O3/c1-22-9-16-10-27(25-24-16)11-17-7-15-4-5-26(17)12-18(15)21(28)23-8-14-2-3-19-20(6-14)30-13-29-19/h2-3,6,10,15,17-18,22H,4-5,7-9,11-13H2,1H3,(H,23,28)/t15-,17+,18-/m0/s1. The second-order valence-electron chi connectivity index (χ2n) is 8.41. The van der Waals surface area contributed by atoms with Crippen LogP contribution in [0.25, 0.3) is 0 Å². The van der Waals surface area contributed by atoms with E-state index in [0.29, 0.717) is 18.5 Å². The van der Waals surface area contributed by atoms with Gasteiger partial charge in [0.25, 0.3) is 0 Å². The number of benzene rings is 1. The van der Waals surface area contributed by atoms with Gasteiger partial charge in [0.2, 0.25) is 12.7 Å². The molecule has 5 heterocycles. The van der Waals surface area contributed by atoms with Gasteiger partial charge in [-0.3, -0.25) is 14.4 Å². The fourth-order valence-electron chi connectivity index (χ4n) is 4.90. The van der Waals surface area contributed by atoms with Crippen LogP contribution in [0, 0.1) is 11.8 Å². The molecule has 6 rings (SSSR count). The van der Waals surface area contributed by atoms with E-state index in [2.05, 4.69) is 25.8 Å². The number of aromatic nitrogens is 3. The number of nitrogens with zero attached hydrogens (tertiary/aromatic N) is 4. The maximum Gasteiger partial charge on any atom is 0.231 e. The smallest absolute Gasteiger partial charge is 0.231 e. The zero-order chi connectivity index (χ0) is 20.5. The maximum atomic E-state index is 12.9. The lowest BCUT2D eigenvalue weighted by Crippen LogP contribution is -2.58. The third kappa shape index (κ3) is 3.87. The van der Waals surface area contributed by atoms with Crippen molar-refractivity contribution in [3.8, 4) is 11.5 Å². The predicted molar refractivity (Wildman–Crippen MR) is 109 cm³/mol. The quantitative estimate of drug-likeness (QED) is 0.693. The highest BCUT2D eigenvalue weighted by molar-refractivity contribution is 5.79. The molecule has 30 heavy (non-hydrogen) atoms. The Labute approximate surface area is 175 Å². The van der Waals surface area contributed by atoms with Gasteiger partial charge in [0.1, 0.15) is 0 Å². The van der Waals surface area contributed by atoms with Crippen molar-refractivity contribution in [2.75, 3.05) is 26.9 Å². The third-order valence-electron chi connectivity index (χ3n) is 6.46. The number of carbonyl (C=O) groups excluding carboxylic acids is 1. The Hall–Kier alpha value is -2.65. The Morgan fingerprint density at radius 1 is 1.27 bits per heavy atom. The summed E-state index contributed by atoms with van der Waals surface area (Å²) in [5.74, 6) is 2.15. The molecule has 0 aliphatic carbocycles. The van der Waals surface area contributed by atoms with Crippen molar-refractivity contribution < 1.29 is 14.3 Å². The molecule has 3 fully saturated rings. The van der Waals surface area contributed by atoms with Crippen LogP contribution in [0.15, 0.2) is 24.4 Å². The van der Waals surface area contributed by atoms with E-state index in [-0.39, 0.29) is 18.6 Å². The summed E-state index contributed by atoms with van der Waals surface area (Å²) >= 11 is 0. The molecule has 1 aromatic heterocycles. The van der Waals surface area contributed by atoms with E-state index in [1.807, 2.05) is 36.1 Å². The van der Waals surface area contributed by atoms with E-state index in [1.165, 1.54) is 0 Å². The molecule has 4 aliphatic rings. The van der Waals surface area contributed by atoms with Crippen LogP contribution in [0.3, 0.4) is 0 Å². The number of ether oxygens (including phenoxy) is 2. The zero-order valence-electron chi connectivity index (χ0n) is 17.2. The van der Waals surface area contributed by atoms with Gasteiger partial charge in [-0.1, -0.05) is 11.3 Å². The van der Waals surface area contributed by atoms with Gasteiger partial charge in [0.05, 0.1) is 18.2 Å². The lowest BCUT2D eigenvalue weighted by Gasteiger charge is -2.49. The van der Waals surface area contributed by atoms with Gasteiger partial charge < -0.3 is 20.1 Å². The van der Waals surface area contributed by atoms with Gasteiger partial charge in [-0.2, -0.15) is 0 Å². The molecule has 0 saturated carbocycles. The molecule has 2 aromatic rings. The normalized spacial score (nSPS) is 26.7. The number of carbonyl (C=O) groups is 1. The molecule has 3 saturated heterocycles. The topological polar surface area (TPSA) is 93.5 Å². The summed E-state index contributed by atoms with van der Waals surface area (Å²) in [5.41, 5.74) is 1.98. The fourth-order valence-corrected chi connectivity index (χ4v) is 4.90. The summed E-state index contributed by atoms with van der Waals surface area (Å²) in [6.45, 7) is 4.20. The number of rotatable bonds is 7. The Kier molecular flexibility index (Phi) is 5.30. The van der Waals surface area contributed by atoms with Gasteiger partial charge in [-0.25, -0.2) is 0 Å². The van der Waals surface area contributed by atoms with Crippen molar-refractivity contribution in [1.29, 1.82) is 0 Å². The van der Waals surface area contributed by atoms with E-state index < -0.39 is 0 Å². The number of hydrogen-bond donors (Lipinski definition) is 2. The average Bonchev–Trinajstić information content (AvgIpc) is 3.41. The second kappa shape index (κ2) is 8.23. The van der Waals surface area contributed by atoms with E-state index in [9.17, 15) is 4.79 Å². The van der Waals surface area contributed by atoms with Crippen molar-refractivity contribution in [3.05, 3.63) is 35.7 Å². The summed E-state index contributed by atoms with van der Waals surface area (Å²) < 4.78 is 12.7. The molecule has 9 nitrogen and oxygen atoms in total. The molecule has 0 radical (unpaired) electrons. The molecule has 4 atom stereocenters. The zero-order valence-corrected chi connectivity index (χ0v) is 17.2. The van der Waals surface area contributed by atoms with Gasteiger partial charge in [0, 0.05) is 31.9 Å². The molecular weight excluding hydrogens is 384 g/mol. The summed E-state index contributed by atoms with van der Waals surface area (Å²) in [4.78, 5) is 15.4. The molecule has 1 unspecified atom stereocenters. The molecule has 2 N–H and O–H groups in total. The van der Waals surface area contributed by atoms with Gasteiger partial charge >= 0.3 is 0 Å². The number of nitrogens with one attached hydrogen (secondary N) is 2. The summed E-state index contributed by atoms with van der Waals surface area (Å²) in [6, 6.07) is 6.23. The molecule has 160 valence electrons. The van der Waals surface area contributed by atoms with Crippen LogP contribution < -0.4 is 20.1 Å². The SMILES string of the molecule is CNCc1cn(C[C@H]2C[C@@H]3CCN2C[C@@H]3C(=O)NCc2ccc3c(c2)OCO3)nn1. The summed E-state index contributed by atoms with van der Waals surface area (Å²) in [7, 11) is 1.91. The first-order valence-corrected chi connectivity index (χ1v) is 10.6. The Morgan fingerprint density at radius 2 is 2.17 bits per heavy atom. The molecule has 1 aromatic carbocycles. The summed E-state index contributed by atoms with van der Waals surface area (Å²) in [5, 5.41) is 14.7. The van der Waals surface area contributed by atoms with E-state index in [1.54, 1.807) is 0 Å². The number of piperidine rings is 3. The van der Waals surface area contributed by atoms with Crippen LogP contribution in [0.4, 0.5) is 0 Å². The minimum absolute atomic E-state index is 0.0552. The second-order valence-corrected chi connectivity index (χ2v) is 8.41. The van der Waals surface area contributed by atoms with Crippen LogP contribution in [0.2, 0.25) is 0 Å². The van der Waals surface area contributed by atoms with Crippen LogP contribution in [0.1, 0.15) is 24.1 Å². The molecule has 4 aliphatic heterocycles. The predicted octanol–water partition coefficient (Wildman–Crippen LogP) is 0.753. The van der Waals surface area contributed by atoms with Crippen LogP contribution in [-0.4, -0.2) is 58.8 Å². The highest BCUT2D eigenvalue weighted by Crippen LogP contribution is 2.37. The van der Waals surface area contributed by atoms with E-state index >= 15 is 0 Å². The van der Waals surface area contributed by atoms with E-state index in [0.717, 1.165) is 61.8 Å². The first-order valence-electron chi connectivity index (χ1n) is 10.6. The van der Waals surface area contributed by atoms with Crippen molar-refractivity contribution in [1.82, 2.24) is 30.5 Å². The monoisotopic (exact) mass is 412 g/mol.